The first-order valence-corrected chi connectivity index (χ1v) is 10.3. The highest BCUT2D eigenvalue weighted by Gasteiger charge is 2.19. The first kappa shape index (κ1) is 23.0. The van der Waals surface area contributed by atoms with Crippen LogP contribution in [0, 0.1) is 0 Å². The summed E-state index contributed by atoms with van der Waals surface area (Å²) in [6.45, 7) is 0.298. The third kappa shape index (κ3) is 5.92. The fraction of sp³-hybridized carbons (Fsp3) is 0.217. The molecule has 32 heavy (non-hydrogen) atoms. The number of pyridine rings is 1. The van der Waals surface area contributed by atoms with Gasteiger partial charge in [-0.3, -0.25) is 9.59 Å². The highest BCUT2D eigenvalue weighted by Crippen LogP contribution is 2.20. The molecule has 1 aromatic heterocycles. The van der Waals surface area contributed by atoms with E-state index in [0.29, 0.717) is 24.3 Å². The van der Waals surface area contributed by atoms with Crippen molar-refractivity contribution in [3.63, 3.8) is 0 Å². The summed E-state index contributed by atoms with van der Waals surface area (Å²) >= 11 is 5.35. The molecule has 0 saturated heterocycles. The molecule has 1 aromatic carbocycles. The number of nitrogens with one attached hydrogen (secondary N) is 2. The Kier molecular flexibility index (Phi) is 7.56. The van der Waals surface area contributed by atoms with Crippen LogP contribution < -0.4 is 20.9 Å². The molecule has 2 aromatic rings. The maximum absolute atomic E-state index is 12.8. The Morgan fingerprint density at radius 1 is 1.25 bits per heavy atom. The van der Waals surface area contributed by atoms with Crippen molar-refractivity contribution in [2.75, 3.05) is 12.4 Å². The number of allylic oxidation sites excluding steroid dienone is 4. The second-order valence-corrected chi connectivity index (χ2v) is 7.62. The number of urea groups is 1. The number of nitrogens with zero attached hydrogens (tertiary/aromatic N) is 1. The van der Waals surface area contributed by atoms with Gasteiger partial charge in [-0.15, -0.1) is 0 Å². The Hall–Kier alpha value is -3.72. The topological polar surface area (TPSA) is 110 Å². The average molecular weight is 454 g/mol. The molecule has 3 N–H and O–H groups in total. The summed E-state index contributed by atoms with van der Waals surface area (Å²) in [5.41, 5.74) is 1.15. The second-order valence-electron chi connectivity index (χ2n) is 7.12. The maximum Gasteiger partial charge on any atom is 0.319 e. The minimum atomic E-state index is -1.07. The largest absolute Gasteiger partial charge is 0.497 e. The summed E-state index contributed by atoms with van der Waals surface area (Å²) in [5.74, 6) is -0.459. The molecule has 3 rings (SSSR count). The van der Waals surface area contributed by atoms with E-state index < -0.39 is 18.0 Å². The second kappa shape index (κ2) is 10.5. The van der Waals surface area contributed by atoms with Crippen molar-refractivity contribution >= 4 is 34.8 Å². The molecule has 9 heteroatoms. The lowest BCUT2D eigenvalue weighted by Crippen LogP contribution is -2.36. The molecule has 2 amide bonds. The van der Waals surface area contributed by atoms with Crippen LogP contribution in [-0.4, -0.2) is 33.6 Å². The zero-order valence-electron chi connectivity index (χ0n) is 17.4. The number of rotatable bonds is 8. The lowest BCUT2D eigenvalue weighted by molar-refractivity contribution is -0.137. The number of carboxylic acid groups (broad SMARTS) is 1. The molecule has 0 saturated carbocycles. The quantitative estimate of drug-likeness (QED) is 0.528. The number of methoxy groups -OCH3 is 1. The number of aliphatic carboxylic acids is 1. The van der Waals surface area contributed by atoms with Crippen LogP contribution in [0.1, 0.15) is 24.4 Å². The van der Waals surface area contributed by atoms with Gasteiger partial charge in [-0.05, 0) is 35.4 Å². The van der Waals surface area contributed by atoms with Crippen molar-refractivity contribution in [3.05, 3.63) is 82.3 Å². The fourth-order valence-electron chi connectivity index (χ4n) is 3.24. The molecule has 0 unspecified atom stereocenters. The van der Waals surface area contributed by atoms with Crippen LogP contribution >= 0.6 is 12.2 Å². The first-order chi connectivity index (χ1) is 15.4. The molecule has 1 heterocycles. The van der Waals surface area contributed by atoms with Gasteiger partial charge in [-0.1, -0.05) is 42.6 Å². The van der Waals surface area contributed by atoms with Crippen LogP contribution in [0.3, 0.4) is 0 Å². The Morgan fingerprint density at radius 3 is 2.66 bits per heavy atom. The van der Waals surface area contributed by atoms with Crippen molar-refractivity contribution in [1.82, 2.24) is 9.88 Å². The lowest BCUT2D eigenvalue weighted by Gasteiger charge is -2.18. The van der Waals surface area contributed by atoms with E-state index >= 15 is 0 Å². The number of thiocarbonyl (C=S) groups is 1. The van der Waals surface area contributed by atoms with Crippen LogP contribution in [0.2, 0.25) is 0 Å². The van der Waals surface area contributed by atoms with Crippen LogP contribution in [-0.2, 0) is 11.3 Å². The molecule has 0 aliphatic heterocycles. The van der Waals surface area contributed by atoms with Crippen LogP contribution in [0.4, 0.5) is 10.5 Å². The number of aromatic nitrogens is 1. The molecule has 1 aliphatic carbocycles. The van der Waals surface area contributed by atoms with Gasteiger partial charge in [0.15, 0.2) is 0 Å². The van der Waals surface area contributed by atoms with Gasteiger partial charge in [0.25, 0.3) is 5.56 Å². The van der Waals surface area contributed by atoms with Crippen molar-refractivity contribution < 1.29 is 19.4 Å². The fourth-order valence-corrected chi connectivity index (χ4v) is 3.47. The van der Waals surface area contributed by atoms with Crippen LogP contribution in [0.25, 0.3) is 0 Å². The molecule has 166 valence electrons. The molecule has 0 fully saturated rings. The van der Waals surface area contributed by atoms with E-state index in [-0.39, 0.29) is 17.7 Å². The van der Waals surface area contributed by atoms with E-state index in [0.717, 1.165) is 10.4 Å². The molecule has 0 bridgehead atoms. The van der Waals surface area contributed by atoms with Gasteiger partial charge in [0.1, 0.15) is 11.4 Å². The zero-order valence-corrected chi connectivity index (χ0v) is 18.2. The molecule has 8 nitrogen and oxygen atoms in total. The third-order valence-corrected chi connectivity index (χ3v) is 5.34. The predicted molar refractivity (Wildman–Crippen MR) is 125 cm³/mol. The molecule has 1 atom stereocenters. The highest BCUT2D eigenvalue weighted by atomic mass is 32.1. The number of anilines is 1. The average Bonchev–Trinajstić information content (AvgIpc) is 2.77. The third-order valence-electron chi connectivity index (χ3n) is 4.91. The minimum Gasteiger partial charge on any atom is -0.497 e. The van der Waals surface area contributed by atoms with E-state index in [2.05, 4.69) is 10.6 Å². The van der Waals surface area contributed by atoms with E-state index in [1.54, 1.807) is 36.5 Å². The first-order valence-electron chi connectivity index (χ1n) is 9.89. The predicted octanol–water partition coefficient (Wildman–Crippen LogP) is 3.45. The Balaban J connectivity index is 1.74. The number of amides is 2. The van der Waals surface area contributed by atoms with Gasteiger partial charge in [0, 0.05) is 17.5 Å². The van der Waals surface area contributed by atoms with Gasteiger partial charge in [-0.25, -0.2) is 4.79 Å². The van der Waals surface area contributed by atoms with E-state index in [9.17, 15) is 19.5 Å². The van der Waals surface area contributed by atoms with Crippen molar-refractivity contribution in [2.24, 2.45) is 0 Å². The summed E-state index contributed by atoms with van der Waals surface area (Å²) in [6.07, 6.45) is 7.68. The summed E-state index contributed by atoms with van der Waals surface area (Å²) in [6, 6.07) is 8.38. The number of ether oxygens (including phenoxy) is 1. The number of carboxylic acids is 1. The monoisotopic (exact) mass is 453 g/mol. The Labute approximate surface area is 190 Å². The number of carbonyl (C=O) groups is 2. The zero-order chi connectivity index (χ0) is 23.1. The van der Waals surface area contributed by atoms with E-state index in [1.165, 1.54) is 17.7 Å². The van der Waals surface area contributed by atoms with Gasteiger partial charge < -0.3 is 25.0 Å². The van der Waals surface area contributed by atoms with E-state index in [1.807, 2.05) is 18.2 Å². The Morgan fingerprint density at radius 2 is 2.00 bits per heavy atom. The smallest absolute Gasteiger partial charge is 0.319 e. The van der Waals surface area contributed by atoms with Crippen molar-refractivity contribution in [1.29, 1.82) is 0 Å². The SMILES string of the molecule is COc1ccc([C@H](CC(=O)O)NC(=O)Nc2cccn(CC3=CC=CCC3=S)c2=O)cc1. The Bertz CT molecular complexity index is 1140. The molecule has 0 radical (unpaired) electrons. The standard InChI is InChI=1S/C23H23N3O5S/c1-31-17-10-8-15(9-11-17)19(13-21(27)28)25-23(30)24-18-6-4-12-26(22(18)29)14-16-5-2-3-7-20(16)32/h2-6,8-12,19H,7,13-14H2,1H3,(H,27,28)(H2,24,25,30)/t19-/m0/s1. The summed E-state index contributed by atoms with van der Waals surface area (Å²) in [4.78, 5) is 37.4. The van der Waals surface area contributed by atoms with E-state index in [4.69, 9.17) is 17.0 Å². The number of benzene rings is 1. The molecule has 0 spiro atoms. The van der Waals surface area contributed by atoms with Gasteiger partial charge in [-0.2, -0.15) is 0 Å². The molecular weight excluding hydrogens is 430 g/mol. The molecular formula is C23H23N3O5S. The summed E-state index contributed by atoms with van der Waals surface area (Å²) in [5, 5.41) is 14.4. The van der Waals surface area contributed by atoms with Gasteiger partial charge in [0.05, 0.1) is 26.1 Å². The number of carbonyl (C=O) groups excluding carboxylic acids is 1. The highest BCUT2D eigenvalue weighted by molar-refractivity contribution is 7.80. The summed E-state index contributed by atoms with van der Waals surface area (Å²) in [7, 11) is 1.52. The van der Waals surface area contributed by atoms with Gasteiger partial charge >= 0.3 is 12.0 Å². The van der Waals surface area contributed by atoms with Crippen molar-refractivity contribution in [3.8, 4) is 5.75 Å². The van der Waals surface area contributed by atoms with Crippen LogP contribution in [0.15, 0.2) is 71.2 Å². The lowest BCUT2D eigenvalue weighted by atomic mass is 10.0. The summed E-state index contributed by atoms with van der Waals surface area (Å²) < 4.78 is 6.57. The maximum atomic E-state index is 12.8. The van der Waals surface area contributed by atoms with Crippen molar-refractivity contribution in [2.45, 2.75) is 25.4 Å². The number of hydrogen-bond donors (Lipinski definition) is 3. The number of hydrogen-bond acceptors (Lipinski definition) is 5. The molecule has 1 aliphatic rings. The minimum absolute atomic E-state index is 0.0756. The van der Waals surface area contributed by atoms with Crippen LogP contribution in [0.5, 0.6) is 5.75 Å². The van der Waals surface area contributed by atoms with Gasteiger partial charge in [0.2, 0.25) is 0 Å². The normalized spacial score (nSPS) is 13.8.